The number of nitrogens with one attached hydrogen (secondary N) is 1. The van der Waals surface area contributed by atoms with Crippen LogP contribution in [0.25, 0.3) is 0 Å². The van der Waals surface area contributed by atoms with E-state index in [-0.39, 0.29) is 29.2 Å². The van der Waals surface area contributed by atoms with Crippen LogP contribution in [0.1, 0.15) is 43.0 Å². The zero-order chi connectivity index (χ0) is 20.4. The predicted molar refractivity (Wildman–Crippen MR) is 111 cm³/mol. The molecule has 0 aliphatic carbocycles. The lowest BCUT2D eigenvalue weighted by molar-refractivity contribution is -0.135. The third kappa shape index (κ3) is 3.97. The number of amides is 2. The number of benzene rings is 1. The molecule has 6 heteroatoms. The second kappa shape index (κ2) is 8.23. The van der Waals surface area contributed by atoms with E-state index in [1.54, 1.807) is 17.6 Å². The maximum atomic E-state index is 13.1. The molecule has 1 aromatic carbocycles. The Morgan fingerprint density at radius 3 is 2.62 bits per heavy atom. The first-order valence-corrected chi connectivity index (χ1v) is 10.3. The molecule has 29 heavy (non-hydrogen) atoms. The standard InChI is InChI=1S/C23H27N3O3/c1-16(27)25-14-18-13-19(15-25)22(26-20(18)10-5-11-21(26)28)23(29)24-12-6-9-17-7-3-2-4-8-17/h2-5,7-8,10-11,18-19,22H,6,9,12-15H2,1H3,(H,24,29)/t18-,19+,22-/m1/s1. The second-order valence-corrected chi connectivity index (χ2v) is 8.10. The summed E-state index contributed by atoms with van der Waals surface area (Å²) in [4.78, 5) is 39.6. The molecule has 6 nitrogen and oxygen atoms in total. The number of hydrogen-bond acceptors (Lipinski definition) is 3. The number of aryl methyl sites for hydroxylation is 1. The van der Waals surface area contributed by atoms with E-state index < -0.39 is 6.04 Å². The highest BCUT2D eigenvalue weighted by atomic mass is 16.2. The first kappa shape index (κ1) is 19.4. The Bertz CT molecular complexity index is 953. The molecular weight excluding hydrogens is 366 g/mol. The molecule has 1 N–H and O–H groups in total. The monoisotopic (exact) mass is 393 g/mol. The van der Waals surface area contributed by atoms with E-state index in [4.69, 9.17) is 0 Å². The summed E-state index contributed by atoms with van der Waals surface area (Å²) in [5, 5.41) is 3.04. The normalized spacial score (nSPS) is 22.7. The summed E-state index contributed by atoms with van der Waals surface area (Å²) in [6.07, 6.45) is 2.56. The summed E-state index contributed by atoms with van der Waals surface area (Å²) in [6, 6.07) is 14.8. The van der Waals surface area contributed by atoms with Crippen LogP contribution in [-0.4, -0.2) is 40.9 Å². The fraction of sp³-hybridized carbons (Fsp3) is 0.435. The van der Waals surface area contributed by atoms with Crippen LogP contribution in [0.3, 0.4) is 0 Å². The van der Waals surface area contributed by atoms with Crippen LogP contribution in [0, 0.1) is 5.92 Å². The number of fused-ring (bicyclic) bond motifs is 4. The summed E-state index contributed by atoms with van der Waals surface area (Å²) >= 11 is 0. The minimum atomic E-state index is -0.561. The van der Waals surface area contributed by atoms with Gasteiger partial charge in [-0.1, -0.05) is 36.4 Å². The second-order valence-electron chi connectivity index (χ2n) is 8.10. The highest BCUT2D eigenvalue weighted by Gasteiger charge is 2.44. The highest BCUT2D eigenvalue weighted by Crippen LogP contribution is 2.41. The number of piperidine rings is 1. The summed E-state index contributed by atoms with van der Waals surface area (Å²) in [5.74, 6) is -0.0389. The van der Waals surface area contributed by atoms with Gasteiger partial charge < -0.3 is 10.2 Å². The largest absolute Gasteiger partial charge is 0.354 e. The van der Waals surface area contributed by atoms with Crippen molar-refractivity contribution in [3.8, 4) is 0 Å². The summed E-state index contributed by atoms with van der Waals surface area (Å²) in [7, 11) is 0. The lowest BCUT2D eigenvalue weighted by Crippen LogP contribution is -2.54. The molecule has 3 heterocycles. The maximum absolute atomic E-state index is 13.1. The molecule has 152 valence electrons. The summed E-state index contributed by atoms with van der Waals surface area (Å²) in [6.45, 7) is 3.26. The fourth-order valence-electron chi connectivity index (χ4n) is 4.78. The van der Waals surface area contributed by atoms with Crippen LogP contribution in [0.5, 0.6) is 0 Å². The van der Waals surface area contributed by atoms with Crippen molar-refractivity contribution < 1.29 is 9.59 Å². The Morgan fingerprint density at radius 1 is 1.07 bits per heavy atom. The van der Waals surface area contributed by atoms with E-state index in [9.17, 15) is 14.4 Å². The van der Waals surface area contributed by atoms with Gasteiger partial charge in [-0.05, 0) is 30.9 Å². The molecule has 0 spiro atoms. The van der Waals surface area contributed by atoms with Crippen molar-refractivity contribution >= 4 is 11.8 Å². The molecule has 1 fully saturated rings. The average molecular weight is 393 g/mol. The Morgan fingerprint density at radius 2 is 1.86 bits per heavy atom. The van der Waals surface area contributed by atoms with Gasteiger partial charge in [-0.15, -0.1) is 0 Å². The third-order valence-corrected chi connectivity index (χ3v) is 6.15. The topological polar surface area (TPSA) is 71.4 Å². The van der Waals surface area contributed by atoms with Crippen LogP contribution >= 0.6 is 0 Å². The van der Waals surface area contributed by atoms with Gasteiger partial charge in [0.1, 0.15) is 6.04 Å². The number of aromatic nitrogens is 1. The van der Waals surface area contributed by atoms with Gasteiger partial charge in [0.05, 0.1) is 0 Å². The van der Waals surface area contributed by atoms with Gasteiger partial charge in [0.15, 0.2) is 0 Å². The van der Waals surface area contributed by atoms with Crippen molar-refractivity contribution in [1.29, 1.82) is 0 Å². The molecule has 2 aliphatic rings. The molecule has 3 atom stereocenters. The van der Waals surface area contributed by atoms with Gasteiger partial charge in [-0.3, -0.25) is 19.0 Å². The quantitative estimate of drug-likeness (QED) is 0.791. The number of pyridine rings is 1. The number of carbonyl (C=O) groups is 2. The van der Waals surface area contributed by atoms with Gasteiger partial charge in [0, 0.05) is 50.2 Å². The van der Waals surface area contributed by atoms with E-state index >= 15 is 0 Å². The third-order valence-electron chi connectivity index (χ3n) is 6.15. The van der Waals surface area contributed by atoms with Crippen LogP contribution < -0.4 is 10.9 Å². The predicted octanol–water partition coefficient (Wildman–Crippen LogP) is 2.10. The number of carbonyl (C=O) groups excluding carboxylic acids is 2. The van der Waals surface area contributed by atoms with Crippen molar-refractivity contribution in [2.45, 2.75) is 38.1 Å². The number of rotatable bonds is 5. The first-order chi connectivity index (χ1) is 14.0. The van der Waals surface area contributed by atoms with Gasteiger partial charge in [-0.2, -0.15) is 0 Å². The van der Waals surface area contributed by atoms with E-state index in [1.165, 1.54) is 11.6 Å². The summed E-state index contributed by atoms with van der Waals surface area (Å²) < 4.78 is 1.67. The number of likely N-dealkylation sites (tertiary alicyclic amines) is 1. The van der Waals surface area contributed by atoms with Crippen molar-refractivity contribution in [3.63, 3.8) is 0 Å². The number of nitrogens with zero attached hydrogens (tertiary/aromatic N) is 2. The molecule has 4 rings (SSSR count). The van der Waals surface area contributed by atoms with Crippen molar-refractivity contribution in [1.82, 2.24) is 14.8 Å². The van der Waals surface area contributed by atoms with Gasteiger partial charge in [-0.25, -0.2) is 0 Å². The Kier molecular flexibility index (Phi) is 5.51. The minimum Gasteiger partial charge on any atom is -0.354 e. The smallest absolute Gasteiger partial charge is 0.251 e. The fourth-order valence-corrected chi connectivity index (χ4v) is 4.78. The molecule has 0 saturated carbocycles. The average Bonchev–Trinajstić information content (AvgIpc) is 2.72. The molecule has 0 unspecified atom stereocenters. The van der Waals surface area contributed by atoms with E-state index in [1.807, 2.05) is 29.2 Å². The zero-order valence-electron chi connectivity index (χ0n) is 16.7. The van der Waals surface area contributed by atoms with Gasteiger partial charge in [0.25, 0.3) is 5.56 Å². The maximum Gasteiger partial charge on any atom is 0.251 e. The van der Waals surface area contributed by atoms with Crippen LogP contribution in [0.4, 0.5) is 0 Å². The molecular formula is C23H27N3O3. The van der Waals surface area contributed by atoms with Crippen LogP contribution in [0.2, 0.25) is 0 Å². The Hall–Kier alpha value is -2.89. The van der Waals surface area contributed by atoms with E-state index in [0.717, 1.165) is 25.0 Å². The molecule has 2 amide bonds. The first-order valence-electron chi connectivity index (χ1n) is 10.3. The zero-order valence-corrected chi connectivity index (χ0v) is 16.7. The van der Waals surface area contributed by atoms with Crippen molar-refractivity contribution in [2.75, 3.05) is 19.6 Å². The molecule has 1 saturated heterocycles. The number of hydrogen-bond donors (Lipinski definition) is 1. The van der Waals surface area contributed by atoms with Crippen molar-refractivity contribution in [3.05, 3.63) is 70.1 Å². The van der Waals surface area contributed by atoms with Crippen LogP contribution in [0.15, 0.2) is 53.3 Å². The molecule has 0 radical (unpaired) electrons. The molecule has 2 bridgehead atoms. The highest BCUT2D eigenvalue weighted by molar-refractivity contribution is 5.81. The van der Waals surface area contributed by atoms with E-state index in [0.29, 0.717) is 19.6 Å². The Balaban J connectivity index is 1.50. The van der Waals surface area contributed by atoms with E-state index in [2.05, 4.69) is 17.4 Å². The van der Waals surface area contributed by atoms with Crippen molar-refractivity contribution in [2.24, 2.45) is 5.92 Å². The van der Waals surface area contributed by atoms with Gasteiger partial charge in [0.2, 0.25) is 11.8 Å². The van der Waals surface area contributed by atoms with Gasteiger partial charge >= 0.3 is 0 Å². The molecule has 2 aliphatic heterocycles. The SMILES string of the molecule is CC(=O)N1C[C@H]2C[C@@H](C1)[C@H](C(=O)NCCCc1ccccc1)n1c2cccc1=O. The molecule has 1 aromatic heterocycles. The lowest BCUT2D eigenvalue weighted by Gasteiger charge is -2.46. The summed E-state index contributed by atoms with van der Waals surface area (Å²) in [5.41, 5.74) is 1.97. The lowest BCUT2D eigenvalue weighted by atomic mass is 9.78. The minimum absolute atomic E-state index is 0.0217. The van der Waals surface area contributed by atoms with Crippen LogP contribution in [-0.2, 0) is 16.0 Å². The molecule has 2 aromatic rings. The Labute approximate surface area is 170 Å².